The van der Waals surface area contributed by atoms with Crippen molar-refractivity contribution < 1.29 is 9.15 Å². The molecular weight excluding hydrogens is 446 g/mol. The molecule has 0 spiro atoms. The molecule has 0 amide bonds. The van der Waals surface area contributed by atoms with Crippen molar-refractivity contribution in [3.05, 3.63) is 100 Å². The fourth-order valence-electron chi connectivity index (χ4n) is 3.81. The van der Waals surface area contributed by atoms with E-state index in [0.29, 0.717) is 39.1 Å². The summed E-state index contributed by atoms with van der Waals surface area (Å²) >= 11 is 1.45. The Morgan fingerprint density at radius 1 is 0.971 bits per heavy atom. The lowest BCUT2D eigenvalue weighted by Gasteiger charge is -2.13. The van der Waals surface area contributed by atoms with Crippen LogP contribution in [0.3, 0.4) is 0 Å². The first-order valence-corrected chi connectivity index (χ1v) is 11.8. The fraction of sp³-hybridized carbons (Fsp3) is 0.148. The molecule has 0 atom stereocenters. The Kier molecular flexibility index (Phi) is 5.94. The Morgan fingerprint density at radius 3 is 2.59 bits per heavy atom. The van der Waals surface area contributed by atoms with Crippen LogP contribution in [0.25, 0.3) is 28.0 Å². The lowest BCUT2D eigenvalue weighted by atomic mass is 10.1. The Balaban J connectivity index is 1.55. The number of hydrogen-bond donors (Lipinski definition) is 0. The summed E-state index contributed by atoms with van der Waals surface area (Å²) in [7, 11) is 1.61. The standard InChI is InChI=1S/C27H23N3O3S/c1-17-9-4-5-12-21(17)25-28-24(18(2)33-25)16-34-27-29-23-14-7-6-13-22(23)26(31)30(27)19-10-8-11-20(15-19)32-3/h4-15H,16H2,1-3H3. The molecule has 5 rings (SSSR count). The minimum atomic E-state index is -0.126. The third-order valence-electron chi connectivity index (χ3n) is 5.66. The number of thioether (sulfide) groups is 1. The van der Waals surface area contributed by atoms with Crippen molar-refractivity contribution in [3.63, 3.8) is 0 Å². The van der Waals surface area contributed by atoms with E-state index in [2.05, 4.69) is 0 Å². The van der Waals surface area contributed by atoms with Gasteiger partial charge in [0.05, 0.1) is 29.4 Å². The van der Waals surface area contributed by atoms with Crippen LogP contribution in [0.15, 0.2) is 87.2 Å². The SMILES string of the molecule is COc1cccc(-n2c(SCc3nc(-c4ccccc4C)oc3C)nc3ccccc3c2=O)c1. The summed E-state index contributed by atoms with van der Waals surface area (Å²) < 4.78 is 13.0. The van der Waals surface area contributed by atoms with Crippen LogP contribution in [0.2, 0.25) is 0 Å². The average molecular weight is 470 g/mol. The van der Waals surface area contributed by atoms with Crippen molar-refractivity contribution in [1.29, 1.82) is 0 Å². The van der Waals surface area contributed by atoms with Crippen LogP contribution in [0, 0.1) is 13.8 Å². The molecule has 0 aliphatic carbocycles. The number of rotatable bonds is 6. The third-order valence-corrected chi connectivity index (χ3v) is 6.61. The van der Waals surface area contributed by atoms with Gasteiger partial charge in [-0.2, -0.15) is 0 Å². The normalized spacial score (nSPS) is 11.1. The van der Waals surface area contributed by atoms with Crippen molar-refractivity contribution in [2.24, 2.45) is 0 Å². The van der Waals surface area contributed by atoms with Crippen molar-refractivity contribution in [2.75, 3.05) is 7.11 Å². The highest BCUT2D eigenvalue weighted by atomic mass is 32.2. The number of aromatic nitrogens is 3. The topological polar surface area (TPSA) is 70.2 Å². The highest BCUT2D eigenvalue weighted by molar-refractivity contribution is 7.98. The van der Waals surface area contributed by atoms with Crippen molar-refractivity contribution in [2.45, 2.75) is 24.8 Å². The Bertz CT molecular complexity index is 1550. The largest absolute Gasteiger partial charge is 0.497 e. The van der Waals surface area contributed by atoms with Crippen LogP contribution >= 0.6 is 11.8 Å². The molecule has 0 aliphatic rings. The van der Waals surface area contributed by atoms with Gasteiger partial charge in [-0.25, -0.2) is 9.97 Å². The molecular formula is C27H23N3O3S. The second kappa shape index (κ2) is 9.19. The van der Waals surface area contributed by atoms with Gasteiger partial charge in [0.1, 0.15) is 11.5 Å². The summed E-state index contributed by atoms with van der Waals surface area (Å²) in [4.78, 5) is 23.1. The van der Waals surface area contributed by atoms with Gasteiger partial charge in [-0.1, -0.05) is 48.2 Å². The summed E-state index contributed by atoms with van der Waals surface area (Å²) in [6.45, 7) is 3.95. The Hall–Kier alpha value is -3.84. The van der Waals surface area contributed by atoms with Crippen LogP contribution in [0.4, 0.5) is 0 Å². The van der Waals surface area contributed by atoms with E-state index in [1.807, 2.05) is 80.6 Å². The van der Waals surface area contributed by atoms with Gasteiger partial charge < -0.3 is 9.15 Å². The van der Waals surface area contributed by atoms with E-state index in [4.69, 9.17) is 19.1 Å². The van der Waals surface area contributed by atoms with E-state index in [1.165, 1.54) is 11.8 Å². The summed E-state index contributed by atoms with van der Waals surface area (Å²) in [5, 5.41) is 1.14. The first-order chi connectivity index (χ1) is 16.5. The molecule has 34 heavy (non-hydrogen) atoms. The predicted octanol–water partition coefficient (Wildman–Crippen LogP) is 5.96. The van der Waals surface area contributed by atoms with Gasteiger partial charge in [0.15, 0.2) is 5.16 Å². The van der Waals surface area contributed by atoms with Crippen LogP contribution in [-0.2, 0) is 5.75 Å². The first kappa shape index (κ1) is 22.0. The van der Waals surface area contributed by atoms with Crippen LogP contribution < -0.4 is 10.3 Å². The molecule has 0 saturated heterocycles. The van der Waals surface area contributed by atoms with E-state index in [-0.39, 0.29) is 5.56 Å². The number of para-hydroxylation sites is 1. The second-order valence-corrected chi connectivity index (χ2v) is 8.82. The zero-order valence-corrected chi connectivity index (χ0v) is 19.9. The fourth-order valence-corrected chi connectivity index (χ4v) is 4.82. The first-order valence-electron chi connectivity index (χ1n) is 10.9. The smallest absolute Gasteiger partial charge is 0.266 e. The van der Waals surface area contributed by atoms with Gasteiger partial charge >= 0.3 is 0 Å². The zero-order chi connectivity index (χ0) is 23.7. The number of aryl methyl sites for hydroxylation is 2. The van der Waals surface area contributed by atoms with Gasteiger partial charge in [-0.15, -0.1) is 0 Å². The van der Waals surface area contributed by atoms with E-state index < -0.39 is 0 Å². The molecule has 0 radical (unpaired) electrons. The monoisotopic (exact) mass is 469 g/mol. The Labute approximate surface area is 201 Å². The number of fused-ring (bicyclic) bond motifs is 1. The summed E-state index contributed by atoms with van der Waals surface area (Å²) in [6, 6.07) is 22.8. The molecule has 0 saturated carbocycles. The molecule has 3 aromatic carbocycles. The van der Waals surface area contributed by atoms with E-state index in [9.17, 15) is 4.79 Å². The number of methoxy groups -OCH3 is 1. The molecule has 0 N–H and O–H groups in total. The highest BCUT2D eigenvalue weighted by Crippen LogP contribution is 2.30. The molecule has 7 heteroatoms. The maximum Gasteiger partial charge on any atom is 0.266 e. The van der Waals surface area contributed by atoms with Gasteiger partial charge in [0.2, 0.25) is 5.89 Å². The molecule has 170 valence electrons. The van der Waals surface area contributed by atoms with Crippen LogP contribution in [0.5, 0.6) is 5.75 Å². The number of benzene rings is 3. The van der Waals surface area contributed by atoms with Crippen LogP contribution in [-0.4, -0.2) is 21.6 Å². The summed E-state index contributed by atoms with van der Waals surface area (Å²) in [5.74, 6) is 2.53. The molecule has 2 heterocycles. The van der Waals surface area contributed by atoms with E-state index >= 15 is 0 Å². The molecule has 0 fully saturated rings. The molecule has 0 bridgehead atoms. The summed E-state index contributed by atoms with van der Waals surface area (Å²) in [5.41, 5.74) is 4.13. The number of oxazole rings is 1. The van der Waals surface area contributed by atoms with Crippen LogP contribution in [0.1, 0.15) is 17.0 Å². The minimum Gasteiger partial charge on any atom is -0.497 e. The maximum absolute atomic E-state index is 13.5. The third kappa shape index (κ3) is 4.10. The molecule has 5 aromatic rings. The van der Waals surface area contributed by atoms with Crippen molar-refractivity contribution in [1.82, 2.24) is 14.5 Å². The molecule has 0 unspecified atom stereocenters. The number of nitrogens with zero attached hydrogens (tertiary/aromatic N) is 3. The maximum atomic E-state index is 13.5. The minimum absolute atomic E-state index is 0.126. The Morgan fingerprint density at radius 2 is 1.76 bits per heavy atom. The number of ether oxygens (including phenoxy) is 1. The lowest BCUT2D eigenvalue weighted by Crippen LogP contribution is -2.21. The van der Waals surface area contributed by atoms with E-state index in [0.717, 1.165) is 22.6 Å². The van der Waals surface area contributed by atoms with Gasteiger partial charge in [-0.3, -0.25) is 9.36 Å². The molecule has 2 aromatic heterocycles. The predicted molar refractivity (Wildman–Crippen MR) is 135 cm³/mol. The quantitative estimate of drug-likeness (QED) is 0.226. The highest BCUT2D eigenvalue weighted by Gasteiger charge is 2.17. The molecule has 6 nitrogen and oxygen atoms in total. The van der Waals surface area contributed by atoms with E-state index in [1.54, 1.807) is 17.7 Å². The molecule has 0 aliphatic heterocycles. The van der Waals surface area contributed by atoms with Gasteiger partial charge in [0.25, 0.3) is 5.56 Å². The average Bonchev–Trinajstić information content (AvgIpc) is 3.23. The second-order valence-electron chi connectivity index (χ2n) is 7.88. The number of hydrogen-bond acceptors (Lipinski definition) is 6. The lowest BCUT2D eigenvalue weighted by molar-refractivity contribution is 0.414. The van der Waals surface area contributed by atoms with Crippen molar-refractivity contribution >= 4 is 22.7 Å². The van der Waals surface area contributed by atoms with Gasteiger partial charge in [-0.05, 0) is 49.7 Å². The summed E-state index contributed by atoms with van der Waals surface area (Å²) in [6.07, 6.45) is 0. The van der Waals surface area contributed by atoms with Gasteiger partial charge in [0, 0.05) is 17.4 Å². The van der Waals surface area contributed by atoms with Crippen molar-refractivity contribution in [3.8, 4) is 22.9 Å². The zero-order valence-electron chi connectivity index (χ0n) is 19.1.